The molecule has 0 amide bonds. The number of hydrogen-bond acceptors (Lipinski definition) is 3. The van der Waals surface area contributed by atoms with E-state index < -0.39 is 0 Å². The van der Waals surface area contributed by atoms with Crippen LogP contribution in [0.25, 0.3) is 0 Å². The molecule has 0 aliphatic rings. The van der Waals surface area contributed by atoms with E-state index in [1.54, 1.807) is 0 Å². The van der Waals surface area contributed by atoms with Gasteiger partial charge >= 0.3 is 0 Å². The molecule has 104 valence electrons. The number of nitrogens with two attached hydrogens (primary N) is 1. The average Bonchev–Trinajstić information content (AvgIpc) is 2.85. The van der Waals surface area contributed by atoms with Crippen molar-refractivity contribution in [2.75, 3.05) is 13.1 Å². The minimum Gasteiger partial charge on any atom is -0.330 e. The molecule has 0 aliphatic carbocycles. The quantitative estimate of drug-likeness (QED) is 0.637. The van der Waals surface area contributed by atoms with Crippen LogP contribution in [-0.2, 0) is 13.0 Å². The zero-order valence-electron chi connectivity index (χ0n) is 11.9. The third kappa shape index (κ3) is 5.98. The number of nitrogens with one attached hydrogen (secondary N) is 1. The lowest BCUT2D eigenvalue weighted by molar-refractivity contribution is 0.422. The molecule has 0 fully saturated rings. The molecule has 1 heterocycles. The largest absolute Gasteiger partial charge is 0.330 e. The van der Waals surface area contributed by atoms with Gasteiger partial charge in [-0.1, -0.05) is 20.3 Å². The Kier molecular flexibility index (Phi) is 8.31. The second-order valence-corrected chi connectivity index (χ2v) is 6.15. The third-order valence-corrected chi connectivity index (χ3v) is 4.71. The van der Waals surface area contributed by atoms with E-state index in [-0.39, 0.29) is 0 Å². The van der Waals surface area contributed by atoms with Crippen molar-refractivity contribution in [3.05, 3.63) is 21.9 Å². The van der Waals surface area contributed by atoms with Crippen molar-refractivity contribution in [3.63, 3.8) is 0 Å². The fourth-order valence-electron chi connectivity index (χ4n) is 2.22. The molecule has 2 nitrogen and oxygen atoms in total. The van der Waals surface area contributed by atoms with Gasteiger partial charge in [-0.25, -0.2) is 0 Å². The highest BCUT2D eigenvalue weighted by atomic mass is 32.1. The maximum Gasteiger partial charge on any atom is 0.0299 e. The van der Waals surface area contributed by atoms with Crippen molar-refractivity contribution < 1.29 is 0 Å². The standard InChI is InChI=1S/C15H28N2S/c1-3-13(9-10-16)6-5-11-17-12-15-8-7-14(4-2)18-15/h7-8,13,17H,3-6,9-12,16H2,1-2H3. The molecular formula is C15H28N2S. The molecule has 3 heteroatoms. The Labute approximate surface area is 116 Å². The van der Waals surface area contributed by atoms with E-state index >= 15 is 0 Å². The van der Waals surface area contributed by atoms with Gasteiger partial charge in [0.25, 0.3) is 0 Å². The molecule has 3 N–H and O–H groups in total. The summed E-state index contributed by atoms with van der Waals surface area (Å²) >= 11 is 1.93. The highest BCUT2D eigenvalue weighted by Gasteiger charge is 2.04. The van der Waals surface area contributed by atoms with E-state index in [1.165, 1.54) is 35.4 Å². The molecule has 1 rings (SSSR count). The van der Waals surface area contributed by atoms with Crippen molar-refractivity contribution >= 4 is 11.3 Å². The maximum absolute atomic E-state index is 5.61. The highest BCUT2D eigenvalue weighted by molar-refractivity contribution is 7.11. The number of hydrogen-bond donors (Lipinski definition) is 2. The zero-order chi connectivity index (χ0) is 13.2. The molecular weight excluding hydrogens is 240 g/mol. The van der Waals surface area contributed by atoms with Crippen molar-refractivity contribution in [1.82, 2.24) is 5.32 Å². The Bertz CT molecular complexity index is 309. The summed E-state index contributed by atoms with van der Waals surface area (Å²) < 4.78 is 0. The van der Waals surface area contributed by atoms with Crippen molar-refractivity contribution in [2.24, 2.45) is 11.7 Å². The van der Waals surface area contributed by atoms with Gasteiger partial charge in [-0.2, -0.15) is 0 Å². The Morgan fingerprint density at radius 1 is 1.22 bits per heavy atom. The van der Waals surface area contributed by atoms with Crippen LogP contribution in [0.3, 0.4) is 0 Å². The second kappa shape index (κ2) is 9.54. The monoisotopic (exact) mass is 268 g/mol. The third-order valence-electron chi connectivity index (χ3n) is 3.48. The smallest absolute Gasteiger partial charge is 0.0299 e. The fourth-order valence-corrected chi connectivity index (χ4v) is 3.15. The molecule has 0 radical (unpaired) electrons. The lowest BCUT2D eigenvalue weighted by atomic mass is 9.97. The van der Waals surface area contributed by atoms with E-state index in [0.717, 1.165) is 32.0 Å². The van der Waals surface area contributed by atoms with E-state index in [4.69, 9.17) is 5.73 Å². The first-order valence-corrected chi connectivity index (χ1v) is 8.10. The summed E-state index contributed by atoms with van der Waals surface area (Å²) in [6, 6.07) is 4.50. The molecule has 0 saturated carbocycles. The minimum absolute atomic E-state index is 0.824. The zero-order valence-corrected chi connectivity index (χ0v) is 12.7. The van der Waals surface area contributed by atoms with Crippen LogP contribution in [0.1, 0.15) is 49.3 Å². The lowest BCUT2D eigenvalue weighted by Gasteiger charge is -2.13. The van der Waals surface area contributed by atoms with Crippen LogP contribution in [0.5, 0.6) is 0 Å². The molecule has 0 saturated heterocycles. The molecule has 0 aromatic carbocycles. The molecule has 0 aliphatic heterocycles. The predicted molar refractivity (Wildman–Crippen MR) is 82.1 cm³/mol. The van der Waals surface area contributed by atoms with E-state index in [2.05, 4.69) is 31.3 Å². The number of aryl methyl sites for hydroxylation is 1. The van der Waals surface area contributed by atoms with Crippen LogP contribution in [0.15, 0.2) is 12.1 Å². The Morgan fingerprint density at radius 2 is 2.00 bits per heavy atom. The van der Waals surface area contributed by atoms with Gasteiger partial charge in [0.1, 0.15) is 0 Å². The minimum atomic E-state index is 0.824. The molecule has 1 aromatic rings. The van der Waals surface area contributed by atoms with Crippen LogP contribution in [0, 0.1) is 5.92 Å². The molecule has 0 bridgehead atoms. The van der Waals surface area contributed by atoms with Gasteiger partial charge in [0, 0.05) is 16.3 Å². The fraction of sp³-hybridized carbons (Fsp3) is 0.733. The number of thiophene rings is 1. The maximum atomic E-state index is 5.61. The van der Waals surface area contributed by atoms with E-state index in [0.29, 0.717) is 0 Å². The van der Waals surface area contributed by atoms with Crippen molar-refractivity contribution in [2.45, 2.75) is 52.5 Å². The Hall–Kier alpha value is -0.380. The van der Waals surface area contributed by atoms with Gasteiger partial charge in [0.05, 0.1) is 0 Å². The van der Waals surface area contributed by atoms with Crippen LogP contribution >= 0.6 is 11.3 Å². The molecule has 1 unspecified atom stereocenters. The SMILES string of the molecule is CCc1ccc(CNCCCC(CC)CCN)s1. The molecule has 1 aromatic heterocycles. The van der Waals surface area contributed by atoms with Crippen LogP contribution < -0.4 is 11.1 Å². The topological polar surface area (TPSA) is 38.0 Å². The lowest BCUT2D eigenvalue weighted by Crippen LogP contribution is -2.16. The normalized spacial score (nSPS) is 12.8. The van der Waals surface area contributed by atoms with Crippen molar-refractivity contribution in [1.29, 1.82) is 0 Å². The summed E-state index contributed by atoms with van der Waals surface area (Å²) in [6.45, 7) is 7.47. The first-order chi connectivity index (χ1) is 8.80. The summed E-state index contributed by atoms with van der Waals surface area (Å²) in [5.74, 6) is 0.824. The summed E-state index contributed by atoms with van der Waals surface area (Å²) in [6.07, 6.45) is 6.18. The van der Waals surface area contributed by atoms with E-state index in [9.17, 15) is 0 Å². The first-order valence-electron chi connectivity index (χ1n) is 7.28. The average molecular weight is 268 g/mol. The van der Waals surface area contributed by atoms with Crippen molar-refractivity contribution in [3.8, 4) is 0 Å². The molecule has 0 spiro atoms. The van der Waals surface area contributed by atoms with Gasteiger partial charge in [-0.15, -0.1) is 11.3 Å². The predicted octanol–water partition coefficient (Wildman–Crippen LogP) is 3.56. The van der Waals surface area contributed by atoms with Crippen LogP contribution in [0.2, 0.25) is 0 Å². The van der Waals surface area contributed by atoms with Gasteiger partial charge in [0.15, 0.2) is 0 Å². The van der Waals surface area contributed by atoms with Gasteiger partial charge in [-0.05, 0) is 56.8 Å². The summed E-state index contributed by atoms with van der Waals surface area (Å²) in [4.78, 5) is 2.95. The van der Waals surface area contributed by atoms with Crippen LogP contribution in [0.4, 0.5) is 0 Å². The summed E-state index contributed by atoms with van der Waals surface area (Å²) in [7, 11) is 0. The van der Waals surface area contributed by atoms with Gasteiger partial charge in [-0.3, -0.25) is 0 Å². The molecule has 1 atom stereocenters. The van der Waals surface area contributed by atoms with E-state index in [1.807, 2.05) is 11.3 Å². The summed E-state index contributed by atoms with van der Waals surface area (Å²) in [5.41, 5.74) is 5.61. The van der Waals surface area contributed by atoms with Crippen LogP contribution in [-0.4, -0.2) is 13.1 Å². The van der Waals surface area contributed by atoms with Gasteiger partial charge < -0.3 is 11.1 Å². The second-order valence-electron chi connectivity index (χ2n) is 4.89. The van der Waals surface area contributed by atoms with Gasteiger partial charge in [0.2, 0.25) is 0 Å². The number of rotatable bonds is 10. The molecule has 18 heavy (non-hydrogen) atoms. The summed E-state index contributed by atoms with van der Waals surface area (Å²) in [5, 5.41) is 3.54. The highest BCUT2D eigenvalue weighted by Crippen LogP contribution is 2.17. The Balaban J connectivity index is 2.07. The first kappa shape index (κ1) is 15.7. The Morgan fingerprint density at radius 3 is 2.61 bits per heavy atom.